The molecule has 4 N–H and O–H groups in total. The van der Waals surface area contributed by atoms with E-state index in [2.05, 4.69) is 15.4 Å². The number of aromatic nitrogens is 3. The van der Waals surface area contributed by atoms with E-state index in [1.54, 1.807) is 12.1 Å². The van der Waals surface area contributed by atoms with Gasteiger partial charge in [0.05, 0.1) is 0 Å². The Morgan fingerprint density at radius 1 is 1.09 bits per heavy atom. The molecule has 3 rings (SSSR count). The van der Waals surface area contributed by atoms with Gasteiger partial charge in [-0.1, -0.05) is 36.4 Å². The maximum absolute atomic E-state index is 11.4. The van der Waals surface area contributed by atoms with Crippen molar-refractivity contribution in [2.24, 2.45) is 5.73 Å². The van der Waals surface area contributed by atoms with Gasteiger partial charge in [0.15, 0.2) is 5.69 Å². The van der Waals surface area contributed by atoms with E-state index in [9.17, 15) is 9.90 Å². The van der Waals surface area contributed by atoms with Crippen molar-refractivity contribution in [1.29, 1.82) is 0 Å². The average Bonchev–Trinajstić information content (AvgIpc) is 3.00. The van der Waals surface area contributed by atoms with Gasteiger partial charge in [-0.05, 0) is 29.7 Å². The second kappa shape index (κ2) is 5.69. The number of benzene rings is 2. The number of carbonyl (C=O) groups is 1. The van der Waals surface area contributed by atoms with Crippen molar-refractivity contribution in [2.75, 3.05) is 0 Å². The Balaban J connectivity index is 2.00. The summed E-state index contributed by atoms with van der Waals surface area (Å²) >= 11 is 0. The lowest BCUT2D eigenvalue weighted by molar-refractivity contribution is 0.0996. The summed E-state index contributed by atoms with van der Waals surface area (Å²) in [6.07, 6.45) is 0.706. The summed E-state index contributed by atoms with van der Waals surface area (Å²) in [4.78, 5) is 11.4. The number of carbonyl (C=O) groups excluding carboxylic acids is 1. The van der Waals surface area contributed by atoms with Crippen LogP contribution in [0, 0.1) is 0 Å². The highest BCUT2D eigenvalue weighted by Gasteiger charge is 2.18. The number of H-pyrrole nitrogens is 1. The van der Waals surface area contributed by atoms with Crippen LogP contribution in [0.5, 0.6) is 5.75 Å². The zero-order valence-corrected chi connectivity index (χ0v) is 11.7. The van der Waals surface area contributed by atoms with Crippen molar-refractivity contribution in [3.63, 3.8) is 0 Å². The van der Waals surface area contributed by atoms with Gasteiger partial charge in [-0.15, -0.1) is 0 Å². The number of rotatable bonds is 4. The Bertz CT molecular complexity index is 812. The maximum atomic E-state index is 11.4. The Labute approximate surface area is 126 Å². The van der Waals surface area contributed by atoms with Crippen molar-refractivity contribution >= 4 is 5.91 Å². The number of nitrogens with two attached hydrogens (primary N) is 1. The van der Waals surface area contributed by atoms with Gasteiger partial charge in [-0.3, -0.25) is 4.79 Å². The van der Waals surface area contributed by atoms with Crippen LogP contribution >= 0.6 is 0 Å². The van der Waals surface area contributed by atoms with E-state index in [0.29, 0.717) is 12.0 Å². The first-order valence-electron chi connectivity index (χ1n) is 6.72. The molecule has 0 aliphatic heterocycles. The van der Waals surface area contributed by atoms with Crippen LogP contribution in [0.3, 0.4) is 0 Å². The highest BCUT2D eigenvalue weighted by atomic mass is 16.3. The Morgan fingerprint density at radius 3 is 2.59 bits per heavy atom. The fourth-order valence-electron chi connectivity index (χ4n) is 2.30. The number of phenolic OH excluding ortho intramolecular Hbond substituents is 1. The van der Waals surface area contributed by atoms with Crippen LogP contribution in [-0.2, 0) is 6.42 Å². The van der Waals surface area contributed by atoms with Crippen molar-refractivity contribution in [3.8, 4) is 17.0 Å². The molecule has 0 spiro atoms. The molecular formula is C16H14N4O2. The topological polar surface area (TPSA) is 105 Å². The second-order valence-electron chi connectivity index (χ2n) is 4.90. The van der Waals surface area contributed by atoms with E-state index >= 15 is 0 Å². The first-order valence-corrected chi connectivity index (χ1v) is 6.72. The molecule has 2 aromatic carbocycles. The van der Waals surface area contributed by atoms with Crippen LogP contribution in [0.4, 0.5) is 0 Å². The Morgan fingerprint density at radius 2 is 1.86 bits per heavy atom. The van der Waals surface area contributed by atoms with Crippen LogP contribution in [0.2, 0.25) is 0 Å². The van der Waals surface area contributed by atoms with Crippen LogP contribution in [0.25, 0.3) is 11.3 Å². The van der Waals surface area contributed by atoms with E-state index in [0.717, 1.165) is 11.1 Å². The van der Waals surface area contributed by atoms with E-state index in [1.807, 2.05) is 36.4 Å². The van der Waals surface area contributed by atoms with E-state index in [4.69, 9.17) is 5.73 Å². The number of hydrogen-bond donors (Lipinski definition) is 3. The summed E-state index contributed by atoms with van der Waals surface area (Å²) in [5.74, 6) is -0.676. The van der Waals surface area contributed by atoms with Crippen molar-refractivity contribution in [1.82, 2.24) is 15.4 Å². The quantitative estimate of drug-likeness (QED) is 0.683. The van der Waals surface area contributed by atoms with Crippen LogP contribution < -0.4 is 5.73 Å². The molecule has 22 heavy (non-hydrogen) atoms. The van der Waals surface area contributed by atoms with Crippen LogP contribution in [0.1, 0.15) is 21.6 Å². The molecule has 1 amide bonds. The summed E-state index contributed by atoms with van der Waals surface area (Å²) in [5, 5.41) is 20.1. The van der Waals surface area contributed by atoms with Gasteiger partial charge >= 0.3 is 0 Å². The number of hydrogen-bond acceptors (Lipinski definition) is 4. The van der Waals surface area contributed by atoms with Gasteiger partial charge in [0.1, 0.15) is 11.4 Å². The van der Waals surface area contributed by atoms with Crippen molar-refractivity contribution in [2.45, 2.75) is 6.42 Å². The predicted molar refractivity (Wildman–Crippen MR) is 81.2 cm³/mol. The molecule has 0 radical (unpaired) electrons. The molecular weight excluding hydrogens is 280 g/mol. The van der Waals surface area contributed by atoms with Crippen molar-refractivity contribution < 1.29 is 9.90 Å². The SMILES string of the molecule is NC(=O)c1n[nH]nc1-c1cc(Cc2ccccc2)ccc1O. The highest BCUT2D eigenvalue weighted by Crippen LogP contribution is 2.30. The average molecular weight is 294 g/mol. The maximum Gasteiger partial charge on any atom is 0.271 e. The molecule has 0 aliphatic rings. The molecule has 6 heteroatoms. The molecule has 110 valence electrons. The molecule has 1 aromatic heterocycles. The molecule has 3 aromatic rings. The lowest BCUT2D eigenvalue weighted by Gasteiger charge is -2.07. The minimum Gasteiger partial charge on any atom is -0.507 e. The first kappa shape index (κ1) is 13.8. The monoisotopic (exact) mass is 294 g/mol. The number of aromatic hydroxyl groups is 1. The third kappa shape index (κ3) is 2.67. The third-order valence-electron chi connectivity index (χ3n) is 3.35. The predicted octanol–water partition coefficient (Wildman–Crippen LogP) is 1.87. The molecule has 0 saturated heterocycles. The highest BCUT2D eigenvalue weighted by molar-refractivity contribution is 5.97. The third-order valence-corrected chi connectivity index (χ3v) is 3.35. The van der Waals surface area contributed by atoms with E-state index in [1.165, 1.54) is 0 Å². The molecule has 0 bridgehead atoms. The summed E-state index contributed by atoms with van der Waals surface area (Å²) in [6, 6.07) is 15.1. The van der Waals surface area contributed by atoms with Crippen LogP contribution in [-0.4, -0.2) is 26.4 Å². The Kier molecular flexibility index (Phi) is 3.57. The van der Waals surface area contributed by atoms with Gasteiger partial charge < -0.3 is 10.8 Å². The standard InChI is InChI=1S/C16H14N4O2/c17-16(22)15-14(18-20-19-15)12-9-11(6-7-13(12)21)8-10-4-2-1-3-5-10/h1-7,9,21H,8H2,(H2,17,22)(H,18,19,20). The fraction of sp³-hybridized carbons (Fsp3) is 0.0625. The number of amides is 1. The second-order valence-corrected chi connectivity index (χ2v) is 4.90. The summed E-state index contributed by atoms with van der Waals surface area (Å²) in [5.41, 5.74) is 8.08. The zero-order valence-electron chi connectivity index (χ0n) is 11.7. The number of primary amides is 1. The van der Waals surface area contributed by atoms with Gasteiger partial charge in [-0.2, -0.15) is 15.4 Å². The smallest absolute Gasteiger partial charge is 0.271 e. The minimum atomic E-state index is -0.698. The normalized spacial score (nSPS) is 10.5. The molecule has 0 atom stereocenters. The fourth-order valence-corrected chi connectivity index (χ4v) is 2.30. The molecule has 0 aliphatic carbocycles. The Hall–Kier alpha value is -3.15. The largest absolute Gasteiger partial charge is 0.507 e. The zero-order chi connectivity index (χ0) is 15.5. The molecule has 0 fully saturated rings. The molecule has 0 unspecified atom stereocenters. The van der Waals surface area contributed by atoms with Crippen LogP contribution in [0.15, 0.2) is 48.5 Å². The molecule has 1 heterocycles. The minimum absolute atomic E-state index is 0.00663. The number of phenols is 1. The first-order chi connectivity index (χ1) is 10.6. The van der Waals surface area contributed by atoms with Gasteiger partial charge in [-0.25, -0.2) is 0 Å². The lowest BCUT2D eigenvalue weighted by Crippen LogP contribution is -2.12. The van der Waals surface area contributed by atoms with Gasteiger partial charge in [0, 0.05) is 5.56 Å². The van der Waals surface area contributed by atoms with Gasteiger partial charge in [0.25, 0.3) is 5.91 Å². The van der Waals surface area contributed by atoms with E-state index < -0.39 is 5.91 Å². The molecule has 6 nitrogen and oxygen atoms in total. The summed E-state index contributed by atoms with van der Waals surface area (Å²) < 4.78 is 0. The summed E-state index contributed by atoms with van der Waals surface area (Å²) in [6.45, 7) is 0. The number of aromatic amines is 1. The van der Waals surface area contributed by atoms with Crippen molar-refractivity contribution in [3.05, 3.63) is 65.4 Å². The number of nitrogens with one attached hydrogen (secondary N) is 1. The number of nitrogens with zero attached hydrogens (tertiary/aromatic N) is 2. The summed E-state index contributed by atoms with van der Waals surface area (Å²) in [7, 11) is 0. The van der Waals surface area contributed by atoms with E-state index in [-0.39, 0.29) is 17.1 Å². The van der Waals surface area contributed by atoms with Gasteiger partial charge in [0.2, 0.25) is 0 Å². The lowest BCUT2D eigenvalue weighted by atomic mass is 10.00. The molecule has 0 saturated carbocycles.